The fourth-order valence-electron chi connectivity index (χ4n) is 4.27. The standard InChI is InChI=1S/C33H28N2O10/c1-18(2)29-27(44-32(42)34-21-10-12-25(36)23(16-21)30(38)39)14-20(9-8-19-6-4-3-5-7-19)15-28(29)45-33(43)35-22-11-13-26(37)24(17-22)31(40)41/h3-18,36-37H,1-2H3,(H,34,42)(H,35,43)(H,38,39)(H,40,41)/b9-8+. The van der Waals surface area contributed by atoms with E-state index in [1.807, 2.05) is 30.3 Å². The molecule has 4 aromatic rings. The van der Waals surface area contributed by atoms with Crippen molar-refractivity contribution >= 4 is 47.7 Å². The zero-order valence-corrected chi connectivity index (χ0v) is 24.0. The Morgan fingerprint density at radius 3 is 1.51 bits per heavy atom. The molecule has 0 bridgehead atoms. The average Bonchev–Trinajstić information content (AvgIpc) is 2.98. The van der Waals surface area contributed by atoms with Gasteiger partial charge in [-0.15, -0.1) is 0 Å². The third kappa shape index (κ3) is 8.17. The van der Waals surface area contributed by atoms with Crippen LogP contribution in [-0.2, 0) is 0 Å². The zero-order chi connectivity index (χ0) is 32.7. The van der Waals surface area contributed by atoms with Gasteiger partial charge in [-0.25, -0.2) is 19.2 Å². The molecule has 12 heteroatoms. The first kappa shape index (κ1) is 31.6. The number of benzene rings is 4. The van der Waals surface area contributed by atoms with Crippen LogP contribution in [0, 0.1) is 0 Å². The maximum Gasteiger partial charge on any atom is 0.417 e. The Hall–Kier alpha value is -6.30. The van der Waals surface area contributed by atoms with Crippen molar-refractivity contribution in [2.24, 2.45) is 0 Å². The molecule has 12 nitrogen and oxygen atoms in total. The van der Waals surface area contributed by atoms with E-state index in [2.05, 4.69) is 10.6 Å². The highest BCUT2D eigenvalue weighted by Crippen LogP contribution is 2.38. The molecule has 0 unspecified atom stereocenters. The summed E-state index contributed by atoms with van der Waals surface area (Å²) >= 11 is 0. The van der Waals surface area contributed by atoms with Crippen molar-refractivity contribution in [3.63, 3.8) is 0 Å². The van der Waals surface area contributed by atoms with Gasteiger partial charge in [-0.1, -0.05) is 56.3 Å². The summed E-state index contributed by atoms with van der Waals surface area (Å²) in [7, 11) is 0. The fraction of sp³-hybridized carbons (Fsp3) is 0.0909. The molecule has 2 amide bonds. The number of hydrogen-bond acceptors (Lipinski definition) is 8. The van der Waals surface area contributed by atoms with Gasteiger partial charge >= 0.3 is 24.1 Å². The Labute approximate surface area is 256 Å². The molecule has 0 aliphatic rings. The third-order valence-electron chi connectivity index (χ3n) is 6.32. The highest BCUT2D eigenvalue weighted by Gasteiger charge is 2.22. The maximum absolute atomic E-state index is 13.0. The van der Waals surface area contributed by atoms with Crippen molar-refractivity contribution in [2.45, 2.75) is 19.8 Å². The summed E-state index contributed by atoms with van der Waals surface area (Å²) in [6.07, 6.45) is 1.55. The average molecular weight is 613 g/mol. The number of ether oxygens (including phenoxy) is 2. The molecule has 0 aliphatic carbocycles. The molecule has 0 spiro atoms. The van der Waals surface area contributed by atoms with E-state index in [-0.39, 0.29) is 28.8 Å². The minimum absolute atomic E-state index is 0.0375. The minimum Gasteiger partial charge on any atom is -0.507 e. The first-order valence-corrected chi connectivity index (χ1v) is 13.4. The van der Waals surface area contributed by atoms with Crippen LogP contribution in [0.15, 0.2) is 78.9 Å². The van der Waals surface area contributed by atoms with Gasteiger partial charge in [-0.05, 0) is 65.6 Å². The van der Waals surface area contributed by atoms with Crippen molar-refractivity contribution < 1.29 is 49.1 Å². The summed E-state index contributed by atoms with van der Waals surface area (Å²) in [6.45, 7) is 3.56. The van der Waals surface area contributed by atoms with E-state index in [1.165, 1.54) is 12.1 Å². The van der Waals surface area contributed by atoms with Crippen molar-refractivity contribution in [1.82, 2.24) is 0 Å². The highest BCUT2D eigenvalue weighted by molar-refractivity contribution is 5.95. The Balaban J connectivity index is 1.68. The van der Waals surface area contributed by atoms with E-state index in [9.17, 15) is 39.6 Å². The van der Waals surface area contributed by atoms with Crippen LogP contribution in [0.4, 0.5) is 21.0 Å². The lowest BCUT2D eigenvalue weighted by Gasteiger charge is -2.19. The van der Waals surface area contributed by atoms with Crippen molar-refractivity contribution in [3.05, 3.63) is 107 Å². The minimum atomic E-state index is -1.39. The lowest BCUT2D eigenvalue weighted by atomic mass is 9.98. The fourth-order valence-corrected chi connectivity index (χ4v) is 4.27. The number of anilines is 2. The topological polar surface area (TPSA) is 192 Å². The zero-order valence-electron chi connectivity index (χ0n) is 24.0. The Kier molecular flexibility index (Phi) is 9.69. The smallest absolute Gasteiger partial charge is 0.417 e. The summed E-state index contributed by atoms with van der Waals surface area (Å²) in [5.41, 5.74) is 0.951. The highest BCUT2D eigenvalue weighted by atomic mass is 16.6. The van der Waals surface area contributed by atoms with Gasteiger partial charge in [0.1, 0.15) is 34.1 Å². The second-order valence-corrected chi connectivity index (χ2v) is 9.93. The molecule has 45 heavy (non-hydrogen) atoms. The number of rotatable bonds is 9. The molecule has 4 rings (SSSR count). The molecule has 0 saturated heterocycles. The summed E-state index contributed by atoms with van der Waals surface area (Å²) in [5, 5.41) is 42.9. The molecule has 0 fully saturated rings. The molecule has 0 saturated carbocycles. The van der Waals surface area contributed by atoms with Crippen LogP contribution in [0.5, 0.6) is 23.0 Å². The van der Waals surface area contributed by atoms with Crippen LogP contribution in [0.2, 0.25) is 0 Å². The number of aromatic carboxylic acids is 2. The van der Waals surface area contributed by atoms with E-state index in [0.717, 1.165) is 29.8 Å². The SMILES string of the molecule is CC(C)c1c(OC(=O)Nc2ccc(O)c(C(=O)O)c2)cc(/C=C/c2ccccc2)cc1OC(=O)Nc1ccc(O)c(C(=O)O)c1. The van der Waals surface area contributed by atoms with Gasteiger partial charge in [0.2, 0.25) is 0 Å². The molecular weight excluding hydrogens is 584 g/mol. The van der Waals surface area contributed by atoms with Crippen molar-refractivity contribution in [1.29, 1.82) is 0 Å². The number of aromatic hydroxyl groups is 2. The largest absolute Gasteiger partial charge is 0.507 e. The van der Waals surface area contributed by atoms with Crippen LogP contribution in [0.1, 0.15) is 57.2 Å². The molecule has 0 aliphatic heterocycles. The Bertz CT molecular complexity index is 1700. The first-order chi connectivity index (χ1) is 21.4. The van der Waals surface area contributed by atoms with E-state index in [4.69, 9.17) is 9.47 Å². The first-order valence-electron chi connectivity index (χ1n) is 13.4. The lowest BCUT2D eigenvalue weighted by Crippen LogP contribution is -2.20. The lowest BCUT2D eigenvalue weighted by molar-refractivity contribution is 0.0682. The molecule has 4 aromatic carbocycles. The van der Waals surface area contributed by atoms with Gasteiger partial charge in [0.15, 0.2) is 0 Å². The number of amides is 2. The number of nitrogens with one attached hydrogen (secondary N) is 2. The normalized spacial score (nSPS) is 10.8. The van der Waals surface area contributed by atoms with E-state index < -0.39 is 46.8 Å². The molecule has 0 heterocycles. The molecule has 0 radical (unpaired) electrons. The van der Waals surface area contributed by atoms with E-state index in [0.29, 0.717) is 11.1 Å². The second-order valence-electron chi connectivity index (χ2n) is 9.93. The van der Waals surface area contributed by atoms with Gasteiger partial charge in [0.25, 0.3) is 0 Å². The summed E-state index contributed by atoms with van der Waals surface area (Å²) in [6, 6.07) is 19.4. The number of hydrogen-bond donors (Lipinski definition) is 6. The van der Waals surface area contributed by atoms with Gasteiger partial charge in [-0.3, -0.25) is 10.6 Å². The van der Waals surface area contributed by atoms with E-state index >= 15 is 0 Å². The van der Waals surface area contributed by atoms with Crippen molar-refractivity contribution in [2.75, 3.05) is 10.6 Å². The Morgan fingerprint density at radius 2 is 1.09 bits per heavy atom. The quantitative estimate of drug-likeness (QED) is 0.0846. The van der Waals surface area contributed by atoms with Gasteiger partial charge in [0.05, 0.1) is 0 Å². The van der Waals surface area contributed by atoms with E-state index in [1.54, 1.807) is 38.1 Å². The second kappa shape index (κ2) is 13.8. The summed E-state index contributed by atoms with van der Waals surface area (Å²) in [4.78, 5) is 48.7. The van der Waals surface area contributed by atoms with Crippen LogP contribution in [0.25, 0.3) is 12.2 Å². The number of carbonyl (C=O) groups excluding carboxylic acids is 2. The van der Waals surface area contributed by atoms with Crippen molar-refractivity contribution in [3.8, 4) is 23.0 Å². The van der Waals surface area contributed by atoms with Crippen LogP contribution in [-0.4, -0.2) is 44.6 Å². The van der Waals surface area contributed by atoms with Gasteiger partial charge in [0, 0.05) is 16.9 Å². The molecule has 230 valence electrons. The third-order valence-corrected chi connectivity index (χ3v) is 6.32. The Morgan fingerprint density at radius 1 is 0.644 bits per heavy atom. The number of carboxylic acid groups (broad SMARTS) is 2. The number of phenols is 2. The van der Waals surface area contributed by atoms with Crippen LogP contribution >= 0.6 is 0 Å². The number of carbonyl (C=O) groups is 4. The summed E-state index contributed by atoms with van der Waals surface area (Å²) in [5.74, 6) is -4.01. The van der Waals surface area contributed by atoms with Gasteiger partial charge < -0.3 is 29.9 Å². The molecule has 6 N–H and O–H groups in total. The summed E-state index contributed by atoms with van der Waals surface area (Å²) < 4.78 is 11.3. The molecular formula is C33H28N2O10. The molecule has 0 aromatic heterocycles. The number of carboxylic acids is 2. The van der Waals surface area contributed by atoms with Crippen LogP contribution < -0.4 is 20.1 Å². The predicted octanol–water partition coefficient (Wildman–Crippen LogP) is 7.01. The molecule has 0 atom stereocenters. The predicted molar refractivity (Wildman–Crippen MR) is 165 cm³/mol. The van der Waals surface area contributed by atoms with Crippen LogP contribution in [0.3, 0.4) is 0 Å². The monoisotopic (exact) mass is 612 g/mol. The van der Waals surface area contributed by atoms with Gasteiger partial charge in [-0.2, -0.15) is 0 Å². The maximum atomic E-state index is 13.0.